The number of carbonyl (C=O) groups excluding carboxylic acids is 1. The van der Waals surface area contributed by atoms with Gasteiger partial charge in [-0.1, -0.05) is 12.1 Å². The summed E-state index contributed by atoms with van der Waals surface area (Å²) >= 11 is 0. The smallest absolute Gasteiger partial charge is 0.272 e. The lowest BCUT2D eigenvalue weighted by molar-refractivity contribution is 0.0651. The van der Waals surface area contributed by atoms with Gasteiger partial charge in [0, 0.05) is 5.69 Å². The predicted octanol–water partition coefficient (Wildman–Crippen LogP) is 0.364. The van der Waals surface area contributed by atoms with E-state index in [0.29, 0.717) is 11.3 Å². The summed E-state index contributed by atoms with van der Waals surface area (Å²) in [5.41, 5.74) is 1.15. The average molecular weight is 255 g/mol. The summed E-state index contributed by atoms with van der Waals surface area (Å²) in [6.07, 6.45) is 0.570. The number of benzene rings is 1. The Balaban J connectivity index is 2.37. The van der Waals surface area contributed by atoms with Crippen molar-refractivity contribution in [3.8, 4) is 0 Å². The largest absolute Gasteiger partial charge is 0.364 e. The zero-order chi connectivity index (χ0) is 12.6. The second-order valence-electron chi connectivity index (χ2n) is 3.90. The molecule has 0 radical (unpaired) electrons. The fourth-order valence-corrected chi connectivity index (χ4v) is 2.29. The highest BCUT2D eigenvalue weighted by Crippen LogP contribution is 2.23. The normalized spacial score (nSPS) is 19.8. The van der Waals surface area contributed by atoms with Gasteiger partial charge in [0.2, 0.25) is 10.0 Å². The number of fused-ring (bicyclic) bond motifs is 1. The van der Waals surface area contributed by atoms with Gasteiger partial charge >= 0.3 is 0 Å². The molecule has 92 valence electrons. The predicted molar refractivity (Wildman–Crippen MR) is 63.7 cm³/mol. The molecule has 1 atom stereocenters. The highest BCUT2D eigenvalue weighted by Gasteiger charge is 2.30. The molecule has 0 bridgehead atoms. The van der Waals surface area contributed by atoms with Crippen LogP contribution >= 0.6 is 0 Å². The summed E-state index contributed by atoms with van der Waals surface area (Å²) in [6, 6.07) is 6.97. The number of anilines is 1. The number of para-hydroxylation sites is 1. The van der Waals surface area contributed by atoms with Crippen LogP contribution in [-0.2, 0) is 10.0 Å². The van der Waals surface area contributed by atoms with Gasteiger partial charge in [0.1, 0.15) is 6.17 Å². The molecule has 7 heteroatoms. The van der Waals surface area contributed by atoms with E-state index in [-0.39, 0.29) is 5.91 Å². The van der Waals surface area contributed by atoms with Crippen molar-refractivity contribution in [3.05, 3.63) is 29.8 Å². The summed E-state index contributed by atoms with van der Waals surface area (Å²) in [4.78, 5) is 14.3. The van der Waals surface area contributed by atoms with Crippen molar-refractivity contribution < 1.29 is 13.2 Å². The van der Waals surface area contributed by atoms with Crippen LogP contribution in [-0.4, -0.2) is 31.8 Å². The van der Waals surface area contributed by atoms with Crippen LogP contribution in [0, 0.1) is 0 Å². The molecule has 1 aliphatic rings. The minimum absolute atomic E-state index is 0.364. The maximum absolute atomic E-state index is 12.1. The second kappa shape index (κ2) is 4.01. The number of hydrogen-bond donors (Lipinski definition) is 2. The standard InChI is InChI=1S/C10H13N3O3S/c1-7-11-9-6-4-3-5-8(9)10(14)13(7)12-17(2,15)16/h3-7,11-12H,1-2H3/t7-/m1/s1. The quantitative estimate of drug-likeness (QED) is 0.800. The van der Waals surface area contributed by atoms with Crippen LogP contribution in [0.2, 0.25) is 0 Å². The molecule has 2 N–H and O–H groups in total. The van der Waals surface area contributed by atoms with Crippen LogP contribution in [0.4, 0.5) is 5.69 Å². The van der Waals surface area contributed by atoms with Gasteiger partial charge in [0.15, 0.2) is 0 Å². The van der Waals surface area contributed by atoms with Crippen LogP contribution in [0.15, 0.2) is 24.3 Å². The Labute approximate surface area is 99.6 Å². The lowest BCUT2D eigenvalue weighted by Crippen LogP contribution is -2.55. The third kappa shape index (κ3) is 2.40. The van der Waals surface area contributed by atoms with E-state index in [2.05, 4.69) is 10.1 Å². The van der Waals surface area contributed by atoms with Gasteiger partial charge < -0.3 is 5.32 Å². The summed E-state index contributed by atoms with van der Waals surface area (Å²) < 4.78 is 22.3. The Kier molecular flexibility index (Phi) is 2.80. The van der Waals surface area contributed by atoms with E-state index in [0.717, 1.165) is 11.3 Å². The van der Waals surface area contributed by atoms with Crippen molar-refractivity contribution in [3.63, 3.8) is 0 Å². The first-order valence-electron chi connectivity index (χ1n) is 5.05. The number of nitrogens with one attached hydrogen (secondary N) is 2. The number of hydrogen-bond acceptors (Lipinski definition) is 4. The van der Waals surface area contributed by atoms with Crippen molar-refractivity contribution in [2.75, 3.05) is 11.6 Å². The third-order valence-electron chi connectivity index (χ3n) is 2.39. The van der Waals surface area contributed by atoms with Gasteiger partial charge in [-0.15, -0.1) is 4.83 Å². The molecule has 0 fully saturated rings. The SMILES string of the molecule is C[C@@H]1Nc2ccccc2C(=O)N1NS(C)(=O)=O. The van der Waals surface area contributed by atoms with Crippen molar-refractivity contribution in [2.45, 2.75) is 13.1 Å². The van der Waals surface area contributed by atoms with Crippen LogP contribution in [0.1, 0.15) is 17.3 Å². The van der Waals surface area contributed by atoms with Crippen LogP contribution in [0.5, 0.6) is 0 Å². The van der Waals surface area contributed by atoms with Crippen LogP contribution < -0.4 is 10.1 Å². The molecule has 0 spiro atoms. The van der Waals surface area contributed by atoms with Gasteiger partial charge in [0.25, 0.3) is 5.91 Å². The van der Waals surface area contributed by atoms with Gasteiger partial charge in [-0.05, 0) is 19.1 Å². The number of sulfonamides is 1. The number of amides is 1. The lowest BCUT2D eigenvalue weighted by Gasteiger charge is -2.34. The third-order valence-corrected chi connectivity index (χ3v) is 2.92. The highest BCUT2D eigenvalue weighted by molar-refractivity contribution is 7.88. The molecule has 0 saturated heterocycles. The minimum Gasteiger partial charge on any atom is -0.364 e. The maximum Gasteiger partial charge on any atom is 0.272 e. The Morgan fingerprint density at radius 1 is 1.35 bits per heavy atom. The Hall–Kier alpha value is -1.60. The van der Waals surface area contributed by atoms with Crippen molar-refractivity contribution >= 4 is 21.6 Å². The summed E-state index contributed by atoms with van der Waals surface area (Å²) in [6.45, 7) is 1.70. The lowest BCUT2D eigenvalue weighted by atomic mass is 10.1. The molecule has 6 nitrogen and oxygen atoms in total. The summed E-state index contributed by atoms with van der Waals surface area (Å²) in [5, 5.41) is 4.11. The second-order valence-corrected chi connectivity index (χ2v) is 5.63. The molecule has 1 aromatic carbocycles. The first-order valence-corrected chi connectivity index (χ1v) is 6.94. The van der Waals surface area contributed by atoms with Gasteiger partial charge in [-0.2, -0.15) is 0 Å². The van der Waals surface area contributed by atoms with E-state index in [9.17, 15) is 13.2 Å². The molecule has 1 amide bonds. The topological polar surface area (TPSA) is 78.5 Å². The van der Waals surface area contributed by atoms with E-state index in [1.165, 1.54) is 0 Å². The number of nitrogens with zero attached hydrogens (tertiary/aromatic N) is 1. The molecule has 17 heavy (non-hydrogen) atoms. The zero-order valence-corrected chi connectivity index (χ0v) is 10.3. The molecule has 1 aliphatic heterocycles. The van der Waals surface area contributed by atoms with Crippen molar-refractivity contribution in [2.24, 2.45) is 0 Å². The number of carbonyl (C=O) groups is 1. The monoisotopic (exact) mass is 255 g/mol. The van der Waals surface area contributed by atoms with Crippen molar-refractivity contribution in [1.29, 1.82) is 0 Å². The van der Waals surface area contributed by atoms with E-state index in [1.807, 2.05) is 6.07 Å². The minimum atomic E-state index is -3.48. The fourth-order valence-electron chi connectivity index (χ4n) is 1.69. The first-order chi connectivity index (χ1) is 7.88. The average Bonchev–Trinajstić information content (AvgIpc) is 2.23. The van der Waals surface area contributed by atoms with Crippen LogP contribution in [0.25, 0.3) is 0 Å². The van der Waals surface area contributed by atoms with E-state index < -0.39 is 16.2 Å². The van der Waals surface area contributed by atoms with E-state index in [4.69, 9.17) is 0 Å². The van der Waals surface area contributed by atoms with Gasteiger partial charge in [0.05, 0.1) is 11.8 Å². The van der Waals surface area contributed by atoms with E-state index >= 15 is 0 Å². The molecule has 0 aliphatic carbocycles. The summed E-state index contributed by atoms with van der Waals surface area (Å²) in [7, 11) is -3.48. The van der Waals surface area contributed by atoms with Crippen molar-refractivity contribution in [1.82, 2.24) is 9.84 Å². The molecule has 0 unspecified atom stereocenters. The Morgan fingerprint density at radius 2 is 2.00 bits per heavy atom. The molecule has 1 aromatic rings. The fraction of sp³-hybridized carbons (Fsp3) is 0.300. The highest BCUT2D eigenvalue weighted by atomic mass is 32.2. The number of rotatable bonds is 2. The molecule has 1 heterocycles. The molecular weight excluding hydrogens is 242 g/mol. The Morgan fingerprint density at radius 3 is 2.65 bits per heavy atom. The van der Waals surface area contributed by atoms with E-state index in [1.54, 1.807) is 25.1 Å². The molecule has 2 rings (SSSR count). The maximum atomic E-state index is 12.1. The van der Waals surface area contributed by atoms with Gasteiger partial charge in [-0.25, -0.2) is 13.4 Å². The molecule has 0 aromatic heterocycles. The first kappa shape index (κ1) is 11.9. The Bertz CT molecular complexity index is 556. The zero-order valence-electron chi connectivity index (χ0n) is 9.47. The van der Waals surface area contributed by atoms with Crippen LogP contribution in [0.3, 0.4) is 0 Å². The number of hydrazine groups is 1. The molecule has 0 saturated carbocycles. The summed E-state index contributed by atoms with van der Waals surface area (Å²) in [5.74, 6) is -0.364. The molecular formula is C10H13N3O3S. The van der Waals surface area contributed by atoms with Gasteiger partial charge in [-0.3, -0.25) is 4.79 Å².